The SMILES string of the molecule is CCC1CC1N1CC(C)(C2CC2)NCC1C. The first-order chi connectivity index (χ1) is 7.64. The molecule has 2 saturated carbocycles. The molecule has 2 nitrogen and oxygen atoms in total. The Hall–Kier alpha value is -0.0800. The maximum atomic E-state index is 3.81. The largest absolute Gasteiger partial charge is 0.308 e. The molecule has 0 aromatic carbocycles. The lowest BCUT2D eigenvalue weighted by Crippen LogP contribution is -2.63. The third-order valence-corrected chi connectivity index (χ3v) is 5.19. The van der Waals surface area contributed by atoms with E-state index in [0.29, 0.717) is 5.54 Å². The maximum absolute atomic E-state index is 3.81. The molecule has 0 radical (unpaired) electrons. The topological polar surface area (TPSA) is 15.3 Å². The number of hydrogen-bond donors (Lipinski definition) is 1. The average Bonchev–Trinajstić information content (AvgIpc) is 3.15. The molecule has 0 aromatic heterocycles. The molecule has 1 heterocycles. The van der Waals surface area contributed by atoms with Gasteiger partial charge in [0.2, 0.25) is 0 Å². The van der Waals surface area contributed by atoms with Gasteiger partial charge in [-0.05, 0) is 44.9 Å². The van der Waals surface area contributed by atoms with Crippen LogP contribution in [0.4, 0.5) is 0 Å². The molecule has 0 bridgehead atoms. The van der Waals surface area contributed by atoms with Crippen molar-refractivity contribution in [3.8, 4) is 0 Å². The van der Waals surface area contributed by atoms with E-state index in [-0.39, 0.29) is 0 Å². The highest BCUT2D eigenvalue weighted by Crippen LogP contribution is 2.45. The minimum Gasteiger partial charge on any atom is -0.308 e. The maximum Gasteiger partial charge on any atom is 0.0309 e. The van der Waals surface area contributed by atoms with E-state index in [0.717, 1.165) is 23.9 Å². The van der Waals surface area contributed by atoms with E-state index < -0.39 is 0 Å². The van der Waals surface area contributed by atoms with Crippen molar-refractivity contribution in [1.29, 1.82) is 0 Å². The fourth-order valence-corrected chi connectivity index (χ4v) is 3.60. The zero-order valence-electron chi connectivity index (χ0n) is 11.0. The normalized spacial score (nSPS) is 49.3. The van der Waals surface area contributed by atoms with Crippen molar-refractivity contribution in [3.05, 3.63) is 0 Å². The molecule has 1 aliphatic heterocycles. The van der Waals surface area contributed by atoms with Gasteiger partial charge in [0.25, 0.3) is 0 Å². The van der Waals surface area contributed by atoms with Crippen molar-refractivity contribution in [3.63, 3.8) is 0 Å². The van der Waals surface area contributed by atoms with Crippen LogP contribution in [0.1, 0.15) is 46.5 Å². The predicted molar refractivity (Wildman–Crippen MR) is 67.5 cm³/mol. The Morgan fingerprint density at radius 3 is 2.69 bits per heavy atom. The van der Waals surface area contributed by atoms with Gasteiger partial charge in [0, 0.05) is 30.7 Å². The molecule has 0 amide bonds. The van der Waals surface area contributed by atoms with Crippen molar-refractivity contribution in [1.82, 2.24) is 10.2 Å². The molecule has 4 unspecified atom stereocenters. The summed E-state index contributed by atoms with van der Waals surface area (Å²) in [5.74, 6) is 1.96. The standard InChI is InChI=1S/C14H26N2/c1-4-11-7-13(11)16-9-14(3,12-5-6-12)15-8-10(16)2/h10-13,15H,4-9H2,1-3H3. The zero-order valence-corrected chi connectivity index (χ0v) is 11.0. The minimum absolute atomic E-state index is 0.424. The Bertz CT molecular complexity index is 274. The van der Waals surface area contributed by atoms with Crippen molar-refractivity contribution in [2.24, 2.45) is 11.8 Å². The molecular formula is C14H26N2. The lowest BCUT2D eigenvalue weighted by Gasteiger charge is -2.46. The van der Waals surface area contributed by atoms with E-state index in [2.05, 4.69) is 31.0 Å². The van der Waals surface area contributed by atoms with Gasteiger partial charge in [0.05, 0.1) is 0 Å². The fraction of sp³-hybridized carbons (Fsp3) is 1.00. The molecule has 1 saturated heterocycles. The van der Waals surface area contributed by atoms with Crippen molar-refractivity contribution in [2.45, 2.75) is 64.1 Å². The summed E-state index contributed by atoms with van der Waals surface area (Å²) in [6.45, 7) is 9.68. The van der Waals surface area contributed by atoms with Gasteiger partial charge in [-0.25, -0.2) is 0 Å². The first-order valence-electron chi connectivity index (χ1n) is 7.15. The average molecular weight is 222 g/mol. The highest BCUT2D eigenvalue weighted by Gasteiger charge is 2.50. The summed E-state index contributed by atoms with van der Waals surface area (Å²) < 4.78 is 0. The van der Waals surface area contributed by atoms with E-state index in [1.807, 2.05) is 0 Å². The van der Waals surface area contributed by atoms with Crippen LogP contribution in [0.2, 0.25) is 0 Å². The summed E-state index contributed by atoms with van der Waals surface area (Å²) in [4.78, 5) is 2.81. The van der Waals surface area contributed by atoms with E-state index in [1.54, 1.807) is 0 Å². The van der Waals surface area contributed by atoms with Gasteiger partial charge in [0.1, 0.15) is 0 Å². The van der Waals surface area contributed by atoms with Gasteiger partial charge in [-0.2, -0.15) is 0 Å². The molecule has 0 aromatic rings. The molecule has 2 aliphatic carbocycles. The first kappa shape index (κ1) is 11.0. The Kier molecular flexibility index (Phi) is 2.56. The second kappa shape index (κ2) is 3.71. The molecule has 92 valence electrons. The van der Waals surface area contributed by atoms with Crippen LogP contribution in [0.25, 0.3) is 0 Å². The monoisotopic (exact) mass is 222 g/mol. The second-order valence-electron chi connectivity index (χ2n) is 6.57. The van der Waals surface area contributed by atoms with Crippen LogP contribution in [0.15, 0.2) is 0 Å². The Morgan fingerprint density at radius 2 is 2.12 bits per heavy atom. The Labute approximate surface area is 99.8 Å². The fourth-order valence-electron chi connectivity index (χ4n) is 3.60. The number of hydrogen-bond acceptors (Lipinski definition) is 2. The van der Waals surface area contributed by atoms with Crippen LogP contribution in [-0.2, 0) is 0 Å². The molecule has 0 spiro atoms. The quantitative estimate of drug-likeness (QED) is 0.788. The van der Waals surface area contributed by atoms with E-state index in [9.17, 15) is 0 Å². The van der Waals surface area contributed by atoms with Gasteiger partial charge >= 0.3 is 0 Å². The number of rotatable bonds is 3. The number of nitrogens with zero attached hydrogens (tertiary/aromatic N) is 1. The lowest BCUT2D eigenvalue weighted by molar-refractivity contribution is 0.0719. The van der Waals surface area contributed by atoms with Crippen molar-refractivity contribution in [2.75, 3.05) is 13.1 Å². The van der Waals surface area contributed by atoms with Crippen LogP contribution in [0.5, 0.6) is 0 Å². The molecular weight excluding hydrogens is 196 g/mol. The van der Waals surface area contributed by atoms with E-state index >= 15 is 0 Å². The van der Waals surface area contributed by atoms with Crippen LogP contribution >= 0.6 is 0 Å². The third-order valence-electron chi connectivity index (χ3n) is 5.19. The molecule has 16 heavy (non-hydrogen) atoms. The van der Waals surface area contributed by atoms with Gasteiger partial charge < -0.3 is 5.32 Å². The second-order valence-corrected chi connectivity index (χ2v) is 6.57. The highest BCUT2D eigenvalue weighted by atomic mass is 15.3. The Balaban J connectivity index is 1.67. The molecule has 3 aliphatic rings. The summed E-state index contributed by atoms with van der Waals surface area (Å²) in [6, 6.07) is 1.66. The van der Waals surface area contributed by atoms with E-state index in [4.69, 9.17) is 0 Å². The Morgan fingerprint density at radius 1 is 1.38 bits per heavy atom. The number of nitrogens with one attached hydrogen (secondary N) is 1. The van der Waals surface area contributed by atoms with Crippen LogP contribution in [0, 0.1) is 11.8 Å². The van der Waals surface area contributed by atoms with Crippen LogP contribution in [0.3, 0.4) is 0 Å². The first-order valence-corrected chi connectivity index (χ1v) is 7.15. The van der Waals surface area contributed by atoms with Crippen LogP contribution < -0.4 is 5.32 Å². The van der Waals surface area contributed by atoms with Gasteiger partial charge in [-0.3, -0.25) is 4.90 Å². The van der Waals surface area contributed by atoms with Crippen molar-refractivity contribution < 1.29 is 0 Å². The lowest BCUT2D eigenvalue weighted by atomic mass is 9.91. The predicted octanol–water partition coefficient (Wildman–Crippen LogP) is 2.25. The third kappa shape index (κ3) is 1.80. The van der Waals surface area contributed by atoms with Gasteiger partial charge in [0.15, 0.2) is 0 Å². The molecule has 1 N–H and O–H groups in total. The molecule has 3 rings (SSSR count). The minimum atomic E-state index is 0.424. The molecule has 4 atom stereocenters. The summed E-state index contributed by atoms with van der Waals surface area (Å²) in [6.07, 6.45) is 5.74. The van der Waals surface area contributed by atoms with Crippen molar-refractivity contribution >= 4 is 0 Å². The van der Waals surface area contributed by atoms with Gasteiger partial charge in [-0.1, -0.05) is 13.3 Å². The van der Waals surface area contributed by atoms with Gasteiger partial charge in [-0.15, -0.1) is 0 Å². The molecule has 2 heteroatoms. The summed E-state index contributed by atoms with van der Waals surface area (Å²) in [7, 11) is 0. The summed E-state index contributed by atoms with van der Waals surface area (Å²) in [5, 5.41) is 3.81. The van der Waals surface area contributed by atoms with Crippen LogP contribution in [-0.4, -0.2) is 35.6 Å². The van der Waals surface area contributed by atoms with E-state index in [1.165, 1.54) is 38.8 Å². The summed E-state index contributed by atoms with van der Waals surface area (Å²) in [5.41, 5.74) is 0.424. The smallest absolute Gasteiger partial charge is 0.0309 e. The number of piperazine rings is 1. The zero-order chi connectivity index (χ0) is 11.3. The highest BCUT2D eigenvalue weighted by molar-refractivity contribution is 5.07. The molecule has 3 fully saturated rings. The summed E-state index contributed by atoms with van der Waals surface area (Å²) >= 11 is 0.